The summed E-state index contributed by atoms with van der Waals surface area (Å²) < 4.78 is 19.1. The number of anilines is 2. The summed E-state index contributed by atoms with van der Waals surface area (Å²) in [6.07, 6.45) is 1.42. The van der Waals surface area contributed by atoms with Crippen LogP contribution in [0.25, 0.3) is 16.6 Å². The van der Waals surface area contributed by atoms with Crippen molar-refractivity contribution in [3.63, 3.8) is 0 Å². The highest BCUT2D eigenvalue weighted by atomic mass is 16.5. The lowest BCUT2D eigenvalue weighted by Gasteiger charge is -2.22. The Balaban J connectivity index is 1.57. The minimum absolute atomic E-state index is 0.264. The molecule has 0 radical (unpaired) electrons. The summed E-state index contributed by atoms with van der Waals surface area (Å²) in [6, 6.07) is 21.5. The summed E-state index contributed by atoms with van der Waals surface area (Å²) in [5.41, 5.74) is 8.45. The third-order valence-corrected chi connectivity index (χ3v) is 6.38. The number of hydrogen-bond acceptors (Lipinski definition) is 7. The molecule has 2 amide bonds. The van der Waals surface area contributed by atoms with E-state index in [1.165, 1.54) is 11.2 Å². The second kappa shape index (κ2) is 11.2. The molecule has 3 aromatic carbocycles. The van der Waals surface area contributed by atoms with Gasteiger partial charge in [0.15, 0.2) is 11.5 Å². The standard InChI is InChI=1S/C31H32N6O4/c1-6-40-26-16-23-24(17-25(26)39-5)33-19-34-29(23)41-22-14-10-13-21(15-22)36(30(32)38)28-18-27(31(2,3)4)35-37(28)20-11-8-7-9-12-20/h7-19H,6H2,1-5H3,(H2,32,38). The first-order valence-electron chi connectivity index (χ1n) is 13.2. The van der Waals surface area contributed by atoms with Gasteiger partial charge in [-0.25, -0.2) is 24.3 Å². The maximum atomic E-state index is 13.0. The Morgan fingerprint density at radius 1 is 0.976 bits per heavy atom. The van der Waals surface area contributed by atoms with E-state index in [9.17, 15) is 4.79 Å². The van der Waals surface area contributed by atoms with E-state index in [1.54, 1.807) is 48.2 Å². The summed E-state index contributed by atoms with van der Waals surface area (Å²) in [4.78, 5) is 23.1. The first kappa shape index (κ1) is 27.4. The average Bonchev–Trinajstić information content (AvgIpc) is 3.39. The fourth-order valence-electron chi connectivity index (χ4n) is 4.38. The van der Waals surface area contributed by atoms with Crippen LogP contribution in [0.3, 0.4) is 0 Å². The summed E-state index contributed by atoms with van der Waals surface area (Å²) in [5, 5.41) is 5.48. The monoisotopic (exact) mass is 552 g/mol. The predicted molar refractivity (Wildman–Crippen MR) is 158 cm³/mol. The molecule has 5 aromatic rings. The van der Waals surface area contributed by atoms with E-state index in [1.807, 2.05) is 43.3 Å². The average molecular weight is 553 g/mol. The second-order valence-electron chi connectivity index (χ2n) is 10.3. The van der Waals surface area contributed by atoms with Crippen molar-refractivity contribution in [1.29, 1.82) is 0 Å². The van der Waals surface area contributed by atoms with Crippen LogP contribution in [0.1, 0.15) is 33.4 Å². The van der Waals surface area contributed by atoms with Crippen LogP contribution in [0.2, 0.25) is 0 Å². The van der Waals surface area contributed by atoms with E-state index >= 15 is 0 Å². The van der Waals surface area contributed by atoms with Crippen LogP contribution < -0.4 is 24.8 Å². The number of ether oxygens (including phenoxy) is 3. The van der Waals surface area contributed by atoms with Gasteiger partial charge in [0.2, 0.25) is 5.88 Å². The van der Waals surface area contributed by atoms with Gasteiger partial charge in [0, 0.05) is 23.6 Å². The lowest BCUT2D eigenvalue weighted by molar-refractivity contribution is 0.256. The highest BCUT2D eigenvalue weighted by molar-refractivity contribution is 5.98. The van der Waals surface area contributed by atoms with Crippen LogP contribution in [0, 0.1) is 0 Å². The molecule has 41 heavy (non-hydrogen) atoms. The van der Waals surface area contributed by atoms with Crippen molar-refractivity contribution in [2.75, 3.05) is 18.6 Å². The number of hydrogen-bond donors (Lipinski definition) is 1. The lowest BCUT2D eigenvalue weighted by Crippen LogP contribution is -2.33. The van der Waals surface area contributed by atoms with E-state index in [0.29, 0.717) is 52.1 Å². The van der Waals surface area contributed by atoms with Crippen LogP contribution >= 0.6 is 0 Å². The van der Waals surface area contributed by atoms with Crippen molar-refractivity contribution < 1.29 is 19.0 Å². The third-order valence-electron chi connectivity index (χ3n) is 6.38. The van der Waals surface area contributed by atoms with Gasteiger partial charge in [0.25, 0.3) is 0 Å². The maximum absolute atomic E-state index is 13.0. The summed E-state index contributed by atoms with van der Waals surface area (Å²) in [7, 11) is 1.58. The Morgan fingerprint density at radius 3 is 2.44 bits per heavy atom. The van der Waals surface area contributed by atoms with E-state index in [4.69, 9.17) is 25.0 Å². The molecule has 0 atom stereocenters. The fourth-order valence-corrected chi connectivity index (χ4v) is 4.38. The topological polar surface area (TPSA) is 118 Å². The van der Waals surface area contributed by atoms with Crippen molar-refractivity contribution >= 4 is 28.4 Å². The number of aromatic nitrogens is 4. The predicted octanol–water partition coefficient (Wildman–Crippen LogP) is 6.53. The maximum Gasteiger partial charge on any atom is 0.325 e. The lowest BCUT2D eigenvalue weighted by atomic mass is 9.92. The molecular weight excluding hydrogens is 520 g/mol. The Hall–Kier alpha value is -5.12. The number of nitrogens with two attached hydrogens (primary N) is 1. The number of fused-ring (bicyclic) bond motifs is 1. The van der Waals surface area contributed by atoms with Gasteiger partial charge < -0.3 is 19.9 Å². The van der Waals surface area contributed by atoms with Crippen molar-refractivity contribution in [3.05, 3.63) is 84.8 Å². The molecule has 0 saturated carbocycles. The molecule has 10 heteroatoms. The van der Waals surface area contributed by atoms with E-state index in [2.05, 4.69) is 30.7 Å². The van der Waals surface area contributed by atoms with Gasteiger partial charge in [0.1, 0.15) is 17.9 Å². The zero-order chi connectivity index (χ0) is 29.1. The quantitative estimate of drug-likeness (QED) is 0.233. The molecule has 0 aliphatic rings. The molecule has 0 fully saturated rings. The van der Waals surface area contributed by atoms with Crippen molar-refractivity contribution in [3.8, 4) is 28.8 Å². The minimum atomic E-state index is -0.666. The molecule has 0 spiro atoms. The molecule has 210 valence electrons. The number of benzene rings is 3. The number of rotatable bonds is 8. The normalized spacial score (nSPS) is 11.3. The number of carbonyl (C=O) groups excluding carboxylic acids is 1. The second-order valence-corrected chi connectivity index (χ2v) is 10.3. The molecule has 2 heterocycles. The van der Waals surface area contributed by atoms with Crippen LogP contribution in [0.5, 0.6) is 23.1 Å². The number of urea groups is 1. The van der Waals surface area contributed by atoms with E-state index in [-0.39, 0.29) is 5.41 Å². The Bertz CT molecular complexity index is 1690. The van der Waals surface area contributed by atoms with E-state index in [0.717, 1.165) is 11.4 Å². The molecular formula is C31H32N6O4. The highest BCUT2D eigenvalue weighted by Crippen LogP contribution is 2.38. The molecule has 0 aliphatic heterocycles. The van der Waals surface area contributed by atoms with Gasteiger partial charge in [-0.3, -0.25) is 0 Å². The highest BCUT2D eigenvalue weighted by Gasteiger charge is 2.27. The number of para-hydroxylation sites is 1. The number of carbonyl (C=O) groups is 1. The molecule has 2 aromatic heterocycles. The molecule has 0 unspecified atom stereocenters. The van der Waals surface area contributed by atoms with Gasteiger partial charge in [0.05, 0.1) is 41.7 Å². The molecule has 0 aliphatic carbocycles. The van der Waals surface area contributed by atoms with Crippen LogP contribution in [-0.2, 0) is 5.41 Å². The zero-order valence-electron chi connectivity index (χ0n) is 23.7. The van der Waals surface area contributed by atoms with Gasteiger partial charge in [-0.15, -0.1) is 0 Å². The fraction of sp³-hybridized carbons (Fsp3) is 0.226. The summed E-state index contributed by atoms with van der Waals surface area (Å²) >= 11 is 0. The van der Waals surface area contributed by atoms with Crippen molar-refractivity contribution in [2.45, 2.75) is 33.1 Å². The van der Waals surface area contributed by atoms with Crippen LogP contribution in [-0.4, -0.2) is 39.5 Å². The van der Waals surface area contributed by atoms with Crippen molar-refractivity contribution in [2.24, 2.45) is 5.73 Å². The first-order valence-corrected chi connectivity index (χ1v) is 13.2. The molecule has 5 rings (SSSR count). The smallest absolute Gasteiger partial charge is 0.325 e. The zero-order valence-corrected chi connectivity index (χ0v) is 23.7. The van der Waals surface area contributed by atoms with Gasteiger partial charge >= 0.3 is 6.03 Å². The Kier molecular flexibility index (Phi) is 7.47. The number of amides is 2. The Morgan fingerprint density at radius 2 is 1.76 bits per heavy atom. The summed E-state index contributed by atoms with van der Waals surface area (Å²) in [6.45, 7) is 8.56. The van der Waals surface area contributed by atoms with Gasteiger partial charge in [-0.1, -0.05) is 45.0 Å². The molecule has 2 N–H and O–H groups in total. The SMILES string of the molecule is CCOc1cc2c(Oc3cccc(N(C(N)=O)c4cc(C(C)(C)C)nn4-c4ccccc4)c3)ncnc2cc1OC. The van der Waals surface area contributed by atoms with Crippen molar-refractivity contribution in [1.82, 2.24) is 19.7 Å². The van der Waals surface area contributed by atoms with Crippen LogP contribution in [0.4, 0.5) is 16.3 Å². The molecule has 0 saturated heterocycles. The summed E-state index contributed by atoms with van der Waals surface area (Å²) in [5.74, 6) is 2.40. The molecule has 10 nitrogen and oxygen atoms in total. The Labute approximate surface area is 238 Å². The first-order chi connectivity index (χ1) is 19.7. The third kappa shape index (κ3) is 5.62. The number of primary amides is 1. The number of methoxy groups -OCH3 is 1. The van der Waals surface area contributed by atoms with E-state index < -0.39 is 6.03 Å². The number of nitrogens with zero attached hydrogens (tertiary/aromatic N) is 5. The van der Waals surface area contributed by atoms with Crippen LogP contribution in [0.15, 0.2) is 79.1 Å². The largest absolute Gasteiger partial charge is 0.493 e. The van der Waals surface area contributed by atoms with Gasteiger partial charge in [-0.2, -0.15) is 5.10 Å². The molecule has 0 bridgehead atoms. The minimum Gasteiger partial charge on any atom is -0.493 e. The van der Waals surface area contributed by atoms with Gasteiger partial charge in [-0.05, 0) is 37.3 Å².